The second-order valence-corrected chi connectivity index (χ2v) is 7.02. The van der Waals surface area contributed by atoms with E-state index in [0.29, 0.717) is 23.5 Å². The molecule has 1 aliphatic rings. The van der Waals surface area contributed by atoms with Gasteiger partial charge in [-0.15, -0.1) is 0 Å². The average Bonchev–Trinajstić information content (AvgIpc) is 2.49. The second kappa shape index (κ2) is 7.80. The molecule has 3 nitrogen and oxygen atoms in total. The van der Waals surface area contributed by atoms with E-state index in [4.69, 9.17) is 9.47 Å². The fraction of sp³-hybridized carbons (Fsp3) is 0.632. The third-order valence-electron chi connectivity index (χ3n) is 4.69. The van der Waals surface area contributed by atoms with Gasteiger partial charge in [0, 0.05) is 0 Å². The highest BCUT2D eigenvalue weighted by molar-refractivity contribution is 5.74. The number of hydrogen-bond donors (Lipinski definition) is 0. The molecule has 1 aliphatic carbocycles. The van der Waals surface area contributed by atoms with E-state index in [9.17, 15) is 9.18 Å². The summed E-state index contributed by atoms with van der Waals surface area (Å²) in [5, 5.41) is 0. The third kappa shape index (κ3) is 4.95. The van der Waals surface area contributed by atoms with Gasteiger partial charge in [0.2, 0.25) is 0 Å². The van der Waals surface area contributed by atoms with Crippen LogP contribution in [0.15, 0.2) is 24.3 Å². The van der Waals surface area contributed by atoms with Crippen molar-refractivity contribution in [2.75, 3.05) is 0 Å². The first-order chi connectivity index (χ1) is 10.9. The molecule has 0 heterocycles. The zero-order valence-electron chi connectivity index (χ0n) is 14.4. The van der Waals surface area contributed by atoms with E-state index in [2.05, 4.69) is 20.8 Å². The van der Waals surface area contributed by atoms with E-state index < -0.39 is 6.10 Å². The van der Waals surface area contributed by atoms with Gasteiger partial charge < -0.3 is 9.47 Å². The molecule has 4 heteroatoms. The van der Waals surface area contributed by atoms with Crippen LogP contribution in [0.1, 0.15) is 47.0 Å². The van der Waals surface area contributed by atoms with Gasteiger partial charge in [-0.05, 0) is 61.8 Å². The van der Waals surface area contributed by atoms with Crippen molar-refractivity contribution in [1.82, 2.24) is 0 Å². The molecule has 1 fully saturated rings. The minimum absolute atomic E-state index is 0.0366. The molecule has 0 aliphatic heterocycles. The molecule has 1 aromatic rings. The number of esters is 1. The third-order valence-corrected chi connectivity index (χ3v) is 4.69. The van der Waals surface area contributed by atoms with Gasteiger partial charge in [-0.3, -0.25) is 0 Å². The van der Waals surface area contributed by atoms with Crippen LogP contribution in [0.4, 0.5) is 4.39 Å². The molecule has 2 rings (SSSR count). The van der Waals surface area contributed by atoms with Crippen molar-refractivity contribution in [3.8, 4) is 5.75 Å². The molecule has 23 heavy (non-hydrogen) atoms. The first kappa shape index (κ1) is 17.8. The Morgan fingerprint density at radius 3 is 2.43 bits per heavy atom. The maximum atomic E-state index is 12.9. The molecule has 0 unspecified atom stereocenters. The van der Waals surface area contributed by atoms with Crippen molar-refractivity contribution < 1.29 is 18.7 Å². The van der Waals surface area contributed by atoms with E-state index in [0.717, 1.165) is 12.8 Å². The van der Waals surface area contributed by atoms with Crippen molar-refractivity contribution in [1.29, 1.82) is 0 Å². The molecule has 1 saturated carbocycles. The van der Waals surface area contributed by atoms with Crippen LogP contribution in [0.3, 0.4) is 0 Å². The van der Waals surface area contributed by atoms with Crippen LogP contribution in [0.25, 0.3) is 0 Å². The Kier molecular flexibility index (Phi) is 6.03. The van der Waals surface area contributed by atoms with Crippen molar-refractivity contribution in [3.63, 3.8) is 0 Å². The largest absolute Gasteiger partial charge is 0.479 e. The zero-order valence-corrected chi connectivity index (χ0v) is 14.4. The SMILES string of the molecule is CC(C)[C@H]1CC[C@H](C)C[C@@H]1OC(=O)[C@@H](C)Oc1ccc(F)cc1. The number of halogens is 1. The summed E-state index contributed by atoms with van der Waals surface area (Å²) in [4.78, 5) is 12.3. The lowest BCUT2D eigenvalue weighted by atomic mass is 9.75. The number of carbonyl (C=O) groups is 1. The predicted octanol–water partition coefficient (Wildman–Crippen LogP) is 4.60. The Morgan fingerprint density at radius 1 is 1.17 bits per heavy atom. The molecule has 0 saturated heterocycles. The van der Waals surface area contributed by atoms with Gasteiger partial charge in [-0.25, -0.2) is 9.18 Å². The standard InChI is InChI=1S/C19H27FO3/c1-12(2)17-10-5-13(3)11-18(17)23-19(21)14(4)22-16-8-6-15(20)7-9-16/h6-9,12-14,17-18H,5,10-11H2,1-4H3/t13-,14+,17+,18-/m0/s1. The van der Waals surface area contributed by atoms with Gasteiger partial charge in [0.15, 0.2) is 6.10 Å². The lowest BCUT2D eigenvalue weighted by Crippen LogP contribution is -2.39. The molecular weight excluding hydrogens is 295 g/mol. The summed E-state index contributed by atoms with van der Waals surface area (Å²) in [7, 11) is 0. The Labute approximate surface area is 138 Å². The van der Waals surface area contributed by atoms with Gasteiger partial charge in [0.1, 0.15) is 17.7 Å². The maximum absolute atomic E-state index is 12.9. The van der Waals surface area contributed by atoms with Crippen LogP contribution in [0.5, 0.6) is 5.75 Å². The highest BCUT2D eigenvalue weighted by atomic mass is 19.1. The van der Waals surface area contributed by atoms with E-state index >= 15 is 0 Å². The van der Waals surface area contributed by atoms with E-state index in [-0.39, 0.29) is 17.9 Å². The number of benzene rings is 1. The van der Waals surface area contributed by atoms with Crippen LogP contribution in [0.2, 0.25) is 0 Å². The first-order valence-corrected chi connectivity index (χ1v) is 8.49. The van der Waals surface area contributed by atoms with Gasteiger partial charge >= 0.3 is 5.97 Å². The Hall–Kier alpha value is -1.58. The highest BCUT2D eigenvalue weighted by Crippen LogP contribution is 2.35. The molecule has 0 bridgehead atoms. The van der Waals surface area contributed by atoms with Gasteiger partial charge in [0.05, 0.1) is 0 Å². The quantitative estimate of drug-likeness (QED) is 0.743. The summed E-state index contributed by atoms with van der Waals surface area (Å²) < 4.78 is 24.2. The molecular formula is C19H27FO3. The lowest BCUT2D eigenvalue weighted by Gasteiger charge is -2.37. The molecule has 0 radical (unpaired) electrons. The number of ether oxygens (including phenoxy) is 2. The van der Waals surface area contributed by atoms with Gasteiger partial charge in [-0.1, -0.05) is 27.2 Å². The van der Waals surface area contributed by atoms with E-state index in [1.807, 2.05) is 0 Å². The maximum Gasteiger partial charge on any atom is 0.347 e. The average molecular weight is 322 g/mol. The molecule has 4 atom stereocenters. The number of hydrogen-bond acceptors (Lipinski definition) is 3. The highest BCUT2D eigenvalue weighted by Gasteiger charge is 2.34. The second-order valence-electron chi connectivity index (χ2n) is 7.02. The number of carbonyl (C=O) groups excluding carboxylic acids is 1. The normalized spacial score (nSPS) is 25.9. The summed E-state index contributed by atoms with van der Waals surface area (Å²) in [6, 6.07) is 5.65. The topological polar surface area (TPSA) is 35.5 Å². The van der Waals surface area contributed by atoms with Crippen molar-refractivity contribution in [2.24, 2.45) is 17.8 Å². The molecule has 0 N–H and O–H groups in total. The monoisotopic (exact) mass is 322 g/mol. The van der Waals surface area contributed by atoms with Crippen LogP contribution < -0.4 is 4.74 Å². The molecule has 1 aromatic carbocycles. The fourth-order valence-corrected chi connectivity index (χ4v) is 3.26. The summed E-state index contributed by atoms with van der Waals surface area (Å²) in [5.74, 6) is 1.27. The fourth-order valence-electron chi connectivity index (χ4n) is 3.26. The Bertz CT molecular complexity index is 512. The zero-order chi connectivity index (χ0) is 17.0. The van der Waals surface area contributed by atoms with Crippen molar-refractivity contribution >= 4 is 5.97 Å². The predicted molar refractivity (Wildman–Crippen MR) is 87.7 cm³/mol. The van der Waals surface area contributed by atoms with E-state index in [1.165, 1.54) is 30.7 Å². The van der Waals surface area contributed by atoms with Crippen molar-refractivity contribution in [3.05, 3.63) is 30.1 Å². The first-order valence-electron chi connectivity index (χ1n) is 8.49. The minimum atomic E-state index is -0.703. The molecule has 128 valence electrons. The van der Waals surface area contributed by atoms with Crippen LogP contribution in [0, 0.1) is 23.6 Å². The smallest absolute Gasteiger partial charge is 0.347 e. The molecule has 0 amide bonds. The van der Waals surface area contributed by atoms with Crippen LogP contribution >= 0.6 is 0 Å². The summed E-state index contributed by atoms with van der Waals surface area (Å²) in [6.45, 7) is 8.23. The van der Waals surface area contributed by atoms with Crippen molar-refractivity contribution in [2.45, 2.75) is 59.2 Å². The van der Waals surface area contributed by atoms with Crippen LogP contribution in [-0.2, 0) is 9.53 Å². The summed E-state index contributed by atoms with van der Waals surface area (Å²) in [5.41, 5.74) is 0. The summed E-state index contributed by atoms with van der Waals surface area (Å²) >= 11 is 0. The minimum Gasteiger partial charge on any atom is -0.479 e. The number of rotatable bonds is 5. The Balaban J connectivity index is 1.94. The van der Waals surface area contributed by atoms with E-state index in [1.54, 1.807) is 6.92 Å². The van der Waals surface area contributed by atoms with Gasteiger partial charge in [0.25, 0.3) is 0 Å². The Morgan fingerprint density at radius 2 is 1.83 bits per heavy atom. The molecule has 0 aromatic heterocycles. The van der Waals surface area contributed by atoms with Crippen LogP contribution in [-0.4, -0.2) is 18.2 Å². The molecule has 0 spiro atoms. The summed E-state index contributed by atoms with van der Waals surface area (Å²) in [6.07, 6.45) is 2.47. The van der Waals surface area contributed by atoms with Gasteiger partial charge in [-0.2, -0.15) is 0 Å². The lowest BCUT2D eigenvalue weighted by molar-refractivity contribution is -0.163.